The van der Waals surface area contributed by atoms with E-state index in [0.717, 1.165) is 30.7 Å². The number of hydrogen-bond donors (Lipinski definition) is 2. The van der Waals surface area contributed by atoms with Crippen molar-refractivity contribution in [1.29, 1.82) is 0 Å². The molecular weight excluding hydrogens is 244 g/mol. The van der Waals surface area contributed by atoms with E-state index in [-0.39, 0.29) is 12.0 Å². The summed E-state index contributed by atoms with van der Waals surface area (Å²) in [5.74, 6) is 0.160. The van der Waals surface area contributed by atoms with Gasteiger partial charge in [0.25, 0.3) is 0 Å². The Kier molecular flexibility index (Phi) is 2.88. The summed E-state index contributed by atoms with van der Waals surface area (Å²) in [4.78, 5) is 15.8. The van der Waals surface area contributed by atoms with Crippen LogP contribution in [0, 0.1) is 31.6 Å². The van der Waals surface area contributed by atoms with Crippen LogP contribution in [0.1, 0.15) is 30.7 Å². The number of aliphatic carboxylic acids is 1. The highest BCUT2D eigenvalue weighted by molar-refractivity contribution is 5.73. The summed E-state index contributed by atoms with van der Waals surface area (Å²) in [6, 6.07) is -0.0554. The maximum atomic E-state index is 11.4. The Morgan fingerprint density at radius 2 is 1.95 bits per heavy atom. The Morgan fingerprint density at radius 1 is 1.21 bits per heavy atom. The average Bonchev–Trinajstić information content (AvgIpc) is 2.94. The van der Waals surface area contributed by atoms with Gasteiger partial charge >= 0.3 is 5.97 Å². The third kappa shape index (κ3) is 2.05. The molecule has 0 spiro atoms. The van der Waals surface area contributed by atoms with Crippen molar-refractivity contribution >= 4 is 11.9 Å². The SMILES string of the molecule is Cc1nnc(NC2C3CCC(C3)C2C(=O)O)nc1C. The van der Waals surface area contributed by atoms with E-state index < -0.39 is 5.97 Å². The Morgan fingerprint density at radius 3 is 2.63 bits per heavy atom. The zero-order chi connectivity index (χ0) is 13.6. The van der Waals surface area contributed by atoms with E-state index in [9.17, 15) is 9.90 Å². The zero-order valence-corrected chi connectivity index (χ0v) is 11.1. The van der Waals surface area contributed by atoms with Gasteiger partial charge < -0.3 is 10.4 Å². The fourth-order valence-corrected chi connectivity index (χ4v) is 3.52. The summed E-state index contributed by atoms with van der Waals surface area (Å²) in [7, 11) is 0. The molecule has 0 aromatic carbocycles. The van der Waals surface area contributed by atoms with Gasteiger partial charge in [-0.05, 0) is 44.9 Å². The van der Waals surface area contributed by atoms with Gasteiger partial charge in [-0.1, -0.05) is 0 Å². The summed E-state index contributed by atoms with van der Waals surface area (Å²) < 4.78 is 0. The molecule has 0 amide bonds. The molecule has 2 N–H and O–H groups in total. The lowest BCUT2D eigenvalue weighted by molar-refractivity contribution is -0.143. The average molecular weight is 262 g/mol. The summed E-state index contributed by atoms with van der Waals surface area (Å²) in [6.07, 6.45) is 3.14. The topological polar surface area (TPSA) is 88.0 Å². The second kappa shape index (κ2) is 4.43. The summed E-state index contributed by atoms with van der Waals surface area (Å²) in [5, 5.41) is 20.6. The summed E-state index contributed by atoms with van der Waals surface area (Å²) in [5.41, 5.74) is 1.63. The van der Waals surface area contributed by atoms with Crippen molar-refractivity contribution < 1.29 is 9.90 Å². The number of fused-ring (bicyclic) bond motifs is 2. The van der Waals surface area contributed by atoms with Crippen molar-refractivity contribution in [3.05, 3.63) is 11.4 Å². The summed E-state index contributed by atoms with van der Waals surface area (Å²) in [6.45, 7) is 3.74. The van der Waals surface area contributed by atoms with Crippen LogP contribution in [0.5, 0.6) is 0 Å². The molecule has 102 valence electrons. The maximum absolute atomic E-state index is 11.4. The number of carboxylic acid groups (broad SMARTS) is 1. The molecule has 0 saturated heterocycles. The van der Waals surface area contributed by atoms with Gasteiger partial charge in [-0.2, -0.15) is 5.10 Å². The molecule has 6 nitrogen and oxygen atoms in total. The van der Waals surface area contributed by atoms with Crippen molar-refractivity contribution in [2.45, 2.75) is 39.2 Å². The zero-order valence-electron chi connectivity index (χ0n) is 11.1. The molecule has 6 heteroatoms. The second-order valence-electron chi connectivity index (χ2n) is 5.67. The first kappa shape index (κ1) is 12.3. The highest BCUT2D eigenvalue weighted by atomic mass is 16.4. The van der Waals surface area contributed by atoms with E-state index in [1.54, 1.807) is 0 Å². The predicted molar refractivity (Wildman–Crippen MR) is 68.7 cm³/mol. The molecule has 1 aromatic rings. The van der Waals surface area contributed by atoms with Crippen LogP contribution in [-0.2, 0) is 4.79 Å². The van der Waals surface area contributed by atoms with Gasteiger partial charge in [-0.25, -0.2) is 4.98 Å². The van der Waals surface area contributed by atoms with Crippen molar-refractivity contribution in [3.63, 3.8) is 0 Å². The molecular formula is C13H18N4O2. The number of nitrogens with zero attached hydrogens (tertiary/aromatic N) is 3. The number of carboxylic acids is 1. The lowest BCUT2D eigenvalue weighted by Gasteiger charge is -2.28. The summed E-state index contributed by atoms with van der Waals surface area (Å²) >= 11 is 0. The first-order valence-corrected chi connectivity index (χ1v) is 6.73. The number of aryl methyl sites for hydroxylation is 2. The molecule has 0 aliphatic heterocycles. The van der Waals surface area contributed by atoms with Crippen LogP contribution in [0.4, 0.5) is 5.95 Å². The monoisotopic (exact) mass is 262 g/mol. The van der Waals surface area contributed by atoms with Gasteiger partial charge in [-0.15, -0.1) is 5.10 Å². The van der Waals surface area contributed by atoms with Crippen molar-refractivity contribution in [2.24, 2.45) is 17.8 Å². The highest BCUT2D eigenvalue weighted by Crippen LogP contribution is 2.49. The molecule has 2 fully saturated rings. The molecule has 1 aromatic heterocycles. The fraction of sp³-hybridized carbons (Fsp3) is 0.692. The smallest absolute Gasteiger partial charge is 0.308 e. The minimum atomic E-state index is -0.707. The van der Waals surface area contributed by atoms with Crippen LogP contribution >= 0.6 is 0 Å². The maximum Gasteiger partial charge on any atom is 0.308 e. The van der Waals surface area contributed by atoms with Gasteiger partial charge in [0.2, 0.25) is 5.95 Å². The third-order valence-electron chi connectivity index (χ3n) is 4.59. The van der Waals surface area contributed by atoms with E-state index in [2.05, 4.69) is 20.5 Å². The molecule has 1 heterocycles. The molecule has 19 heavy (non-hydrogen) atoms. The van der Waals surface area contributed by atoms with Crippen molar-refractivity contribution in [1.82, 2.24) is 15.2 Å². The molecule has 4 unspecified atom stereocenters. The molecule has 2 bridgehead atoms. The molecule has 3 rings (SSSR count). The van der Waals surface area contributed by atoms with Crippen LogP contribution in [0.25, 0.3) is 0 Å². The van der Waals surface area contributed by atoms with E-state index >= 15 is 0 Å². The third-order valence-corrected chi connectivity index (χ3v) is 4.59. The number of rotatable bonds is 3. The number of nitrogens with one attached hydrogen (secondary N) is 1. The number of carbonyl (C=O) groups is 1. The van der Waals surface area contributed by atoms with Crippen molar-refractivity contribution in [3.8, 4) is 0 Å². The van der Waals surface area contributed by atoms with E-state index in [0.29, 0.717) is 17.8 Å². The highest BCUT2D eigenvalue weighted by Gasteiger charge is 2.51. The first-order chi connectivity index (χ1) is 9.06. The Hall–Kier alpha value is -1.72. The normalized spacial score (nSPS) is 32.5. The van der Waals surface area contributed by atoms with E-state index in [1.807, 2.05) is 13.8 Å². The van der Waals surface area contributed by atoms with Gasteiger partial charge in [0.15, 0.2) is 0 Å². The van der Waals surface area contributed by atoms with Crippen LogP contribution in [0.15, 0.2) is 0 Å². The quantitative estimate of drug-likeness (QED) is 0.856. The van der Waals surface area contributed by atoms with Crippen LogP contribution in [0.3, 0.4) is 0 Å². The van der Waals surface area contributed by atoms with Gasteiger partial charge in [0.1, 0.15) is 0 Å². The predicted octanol–water partition coefficient (Wildman–Crippen LogP) is 1.40. The minimum absolute atomic E-state index is 0.0554. The lowest BCUT2D eigenvalue weighted by atomic mass is 9.84. The Labute approximate surface area is 111 Å². The van der Waals surface area contributed by atoms with Crippen LogP contribution in [-0.4, -0.2) is 32.3 Å². The number of aromatic nitrogens is 3. The van der Waals surface area contributed by atoms with Crippen LogP contribution < -0.4 is 5.32 Å². The Bertz CT molecular complexity index is 519. The molecule has 0 radical (unpaired) electrons. The lowest BCUT2D eigenvalue weighted by Crippen LogP contribution is -2.39. The first-order valence-electron chi connectivity index (χ1n) is 6.73. The molecule has 2 saturated carbocycles. The standard InChI is InChI=1S/C13H18N4O2/c1-6-7(2)16-17-13(14-6)15-11-9-4-3-8(5-9)10(11)12(18)19/h8-11H,3-5H2,1-2H3,(H,18,19)(H,14,15,17). The minimum Gasteiger partial charge on any atom is -0.481 e. The number of hydrogen-bond acceptors (Lipinski definition) is 5. The van der Waals surface area contributed by atoms with Gasteiger partial charge in [0, 0.05) is 6.04 Å². The molecule has 2 aliphatic rings. The van der Waals surface area contributed by atoms with Crippen LogP contribution in [0.2, 0.25) is 0 Å². The second-order valence-corrected chi connectivity index (χ2v) is 5.67. The van der Waals surface area contributed by atoms with Gasteiger partial charge in [-0.3, -0.25) is 4.79 Å². The Balaban J connectivity index is 1.81. The molecule has 4 atom stereocenters. The fourth-order valence-electron chi connectivity index (χ4n) is 3.52. The van der Waals surface area contributed by atoms with Gasteiger partial charge in [0.05, 0.1) is 17.3 Å². The largest absolute Gasteiger partial charge is 0.481 e. The van der Waals surface area contributed by atoms with Crippen molar-refractivity contribution in [2.75, 3.05) is 5.32 Å². The van der Waals surface area contributed by atoms with E-state index in [4.69, 9.17) is 0 Å². The molecule has 2 aliphatic carbocycles. The van der Waals surface area contributed by atoms with E-state index in [1.165, 1.54) is 0 Å². The number of anilines is 1.